The Labute approximate surface area is 339 Å². The molecule has 3 aromatic carbocycles. The SMILES string of the molecule is CCCCCCOc1ccc(N(c2ccc(OCCCCCC)cc2)c2ccc(-c3cc4c(s3)C(=C3CCc5cc(C=C(C#N)OC=O)sc53)CC4)cc2)cc1. The van der Waals surface area contributed by atoms with Crippen LogP contribution in [-0.2, 0) is 22.4 Å². The number of fused-ring (bicyclic) bond motifs is 2. The molecular weight excluding hydrogens is 733 g/mol. The third-order valence-electron chi connectivity index (χ3n) is 10.5. The van der Waals surface area contributed by atoms with Crippen LogP contribution in [-0.4, -0.2) is 19.7 Å². The van der Waals surface area contributed by atoms with E-state index >= 15 is 0 Å². The predicted octanol–water partition coefficient (Wildman–Crippen LogP) is 13.7. The van der Waals surface area contributed by atoms with E-state index in [1.807, 2.05) is 17.4 Å². The number of thiophene rings is 2. The standard InChI is InChI=1S/C48H50N2O4S2/c1-3-5-7-9-27-52-40-21-17-38(18-22-40)50(39-19-23-41(24-20-39)53-28-10-8-6-4-2)37-15-11-34(12-16-37)46-30-36-14-26-45(48(36)56-46)44-25-13-35-29-43(55-47(35)44)31-42(32-49)54-33-51/h11-12,15-24,29-31,33H,3-10,13-14,25-28H2,1-2H3. The number of hydrogen-bond acceptors (Lipinski definition) is 8. The number of benzene rings is 3. The van der Waals surface area contributed by atoms with E-state index in [1.165, 1.54) is 81.0 Å². The van der Waals surface area contributed by atoms with E-state index in [2.05, 4.69) is 104 Å². The molecule has 5 aromatic rings. The summed E-state index contributed by atoms with van der Waals surface area (Å²) in [7, 11) is 0. The van der Waals surface area contributed by atoms with Crippen molar-refractivity contribution in [3.8, 4) is 28.0 Å². The van der Waals surface area contributed by atoms with E-state index in [9.17, 15) is 10.1 Å². The first kappa shape index (κ1) is 39.1. The molecule has 0 fully saturated rings. The molecule has 2 aliphatic carbocycles. The van der Waals surface area contributed by atoms with E-state index in [1.54, 1.807) is 17.4 Å². The van der Waals surface area contributed by atoms with Gasteiger partial charge in [0, 0.05) is 42.6 Å². The smallest absolute Gasteiger partial charge is 0.299 e. The quantitative estimate of drug-likeness (QED) is 0.0359. The van der Waals surface area contributed by atoms with E-state index < -0.39 is 0 Å². The molecule has 0 atom stereocenters. The van der Waals surface area contributed by atoms with Gasteiger partial charge in [0.25, 0.3) is 6.47 Å². The van der Waals surface area contributed by atoms with Crippen molar-refractivity contribution in [1.82, 2.24) is 0 Å². The van der Waals surface area contributed by atoms with Gasteiger partial charge >= 0.3 is 0 Å². The van der Waals surface area contributed by atoms with Crippen LogP contribution in [0, 0.1) is 11.3 Å². The highest BCUT2D eigenvalue weighted by molar-refractivity contribution is 7.17. The lowest BCUT2D eigenvalue weighted by Gasteiger charge is -2.26. The number of nitrogens with zero attached hydrogens (tertiary/aromatic N) is 2. The molecule has 0 N–H and O–H groups in total. The Morgan fingerprint density at radius 3 is 1.71 bits per heavy atom. The number of nitriles is 1. The summed E-state index contributed by atoms with van der Waals surface area (Å²) in [6.07, 6.45) is 15.3. The highest BCUT2D eigenvalue weighted by Crippen LogP contribution is 2.50. The maximum Gasteiger partial charge on any atom is 0.299 e. The summed E-state index contributed by atoms with van der Waals surface area (Å²) in [6, 6.07) is 32.3. The van der Waals surface area contributed by atoms with E-state index in [0.717, 1.165) is 85.2 Å². The summed E-state index contributed by atoms with van der Waals surface area (Å²) >= 11 is 3.58. The van der Waals surface area contributed by atoms with Crippen LogP contribution in [0.15, 0.2) is 90.7 Å². The predicted molar refractivity (Wildman–Crippen MR) is 232 cm³/mol. The van der Waals surface area contributed by atoms with Gasteiger partial charge in [-0.3, -0.25) is 4.79 Å². The van der Waals surface area contributed by atoms with Crippen LogP contribution in [0.5, 0.6) is 11.5 Å². The van der Waals surface area contributed by atoms with Crippen LogP contribution in [0.1, 0.15) is 104 Å². The fourth-order valence-electron chi connectivity index (χ4n) is 7.61. The molecule has 0 unspecified atom stereocenters. The summed E-state index contributed by atoms with van der Waals surface area (Å²) in [5.41, 5.74) is 10.1. The van der Waals surface area contributed by atoms with Crippen molar-refractivity contribution in [1.29, 1.82) is 5.26 Å². The first-order valence-corrected chi connectivity index (χ1v) is 21.8. The number of aryl methyl sites for hydroxylation is 2. The monoisotopic (exact) mass is 782 g/mol. The van der Waals surface area contributed by atoms with Crippen molar-refractivity contribution in [2.24, 2.45) is 0 Å². The van der Waals surface area contributed by atoms with Crippen molar-refractivity contribution >= 4 is 63.4 Å². The third-order valence-corrected chi connectivity index (χ3v) is 13.0. The van der Waals surface area contributed by atoms with Crippen LogP contribution in [0.25, 0.3) is 27.7 Å². The summed E-state index contributed by atoms with van der Waals surface area (Å²) in [5, 5.41) is 9.33. The lowest BCUT2D eigenvalue weighted by atomic mass is 10.1. The van der Waals surface area contributed by atoms with Crippen molar-refractivity contribution in [2.45, 2.75) is 90.9 Å². The molecule has 288 valence electrons. The zero-order valence-corrected chi connectivity index (χ0v) is 34.1. The summed E-state index contributed by atoms with van der Waals surface area (Å²) in [4.78, 5) is 18.0. The molecule has 7 rings (SSSR count). The van der Waals surface area contributed by atoms with Crippen molar-refractivity contribution in [3.63, 3.8) is 0 Å². The fraction of sp³-hybridized carbons (Fsp3) is 0.333. The maximum absolute atomic E-state index is 10.8. The third kappa shape index (κ3) is 9.29. The number of anilines is 3. The summed E-state index contributed by atoms with van der Waals surface area (Å²) in [5.74, 6) is 1.81. The molecule has 6 nitrogen and oxygen atoms in total. The lowest BCUT2D eigenvalue weighted by Crippen LogP contribution is -2.10. The van der Waals surface area contributed by atoms with E-state index in [0.29, 0.717) is 6.47 Å². The molecule has 2 aliphatic rings. The minimum absolute atomic E-state index is 0.0151. The number of unbranched alkanes of at least 4 members (excludes halogenated alkanes) is 6. The first-order valence-electron chi connectivity index (χ1n) is 20.1. The van der Waals surface area contributed by atoms with E-state index in [-0.39, 0.29) is 5.76 Å². The molecule has 0 amide bonds. The Morgan fingerprint density at radius 1 is 0.679 bits per heavy atom. The van der Waals surface area contributed by atoms with Gasteiger partial charge in [-0.25, -0.2) is 0 Å². The highest BCUT2D eigenvalue weighted by Gasteiger charge is 2.29. The Hall–Kier alpha value is -5.10. The molecule has 0 spiro atoms. The zero-order valence-electron chi connectivity index (χ0n) is 32.5. The minimum Gasteiger partial charge on any atom is -0.494 e. The first-order chi connectivity index (χ1) is 27.6. The zero-order chi connectivity index (χ0) is 38.7. The summed E-state index contributed by atoms with van der Waals surface area (Å²) in [6.45, 7) is 6.25. The average molecular weight is 783 g/mol. The highest BCUT2D eigenvalue weighted by atomic mass is 32.1. The molecule has 0 aliphatic heterocycles. The van der Waals surface area contributed by atoms with Crippen molar-refractivity contribution in [3.05, 3.63) is 116 Å². The number of allylic oxidation sites excluding steroid dienone is 3. The molecule has 0 radical (unpaired) electrons. The van der Waals surface area contributed by atoms with E-state index in [4.69, 9.17) is 14.2 Å². The Bertz CT molecular complexity index is 2130. The second-order valence-corrected chi connectivity index (χ2v) is 16.6. The second-order valence-electron chi connectivity index (χ2n) is 14.4. The molecular formula is C48H50N2O4S2. The average Bonchev–Trinajstić information content (AvgIpc) is 4.01. The number of rotatable bonds is 19. The molecule has 8 heteroatoms. The van der Waals surface area contributed by atoms with Crippen LogP contribution in [0.4, 0.5) is 17.1 Å². The second kappa shape index (κ2) is 19.2. The molecule has 2 heterocycles. The number of ether oxygens (including phenoxy) is 3. The van der Waals surface area contributed by atoms with Gasteiger partial charge in [0.2, 0.25) is 5.76 Å². The van der Waals surface area contributed by atoms with Gasteiger partial charge in [-0.15, -0.1) is 22.7 Å². The lowest BCUT2D eigenvalue weighted by molar-refractivity contribution is -0.124. The number of carbonyl (C=O) groups excluding carboxylic acids is 1. The normalized spacial score (nSPS) is 14.6. The largest absolute Gasteiger partial charge is 0.494 e. The molecule has 0 bridgehead atoms. The molecule has 56 heavy (non-hydrogen) atoms. The van der Waals surface area contributed by atoms with Crippen LogP contribution < -0.4 is 14.4 Å². The summed E-state index contributed by atoms with van der Waals surface area (Å²) < 4.78 is 17.0. The molecule has 0 saturated heterocycles. The number of hydrogen-bond donors (Lipinski definition) is 0. The Morgan fingerprint density at radius 2 is 1.20 bits per heavy atom. The fourth-order valence-corrected chi connectivity index (χ4v) is 10.2. The topological polar surface area (TPSA) is 71.8 Å². The number of carbonyl (C=O) groups is 1. The van der Waals surface area contributed by atoms with Gasteiger partial charge in [-0.2, -0.15) is 5.26 Å². The van der Waals surface area contributed by atoms with Gasteiger partial charge in [0.1, 0.15) is 17.6 Å². The van der Waals surface area contributed by atoms with Crippen molar-refractivity contribution < 1.29 is 19.0 Å². The van der Waals surface area contributed by atoms with Gasteiger partial charge in [0.05, 0.1) is 13.2 Å². The van der Waals surface area contributed by atoms with Gasteiger partial charge in [0.15, 0.2) is 0 Å². The Balaban J connectivity index is 1.12. The van der Waals surface area contributed by atoms with Gasteiger partial charge in [-0.1, -0.05) is 64.5 Å². The van der Waals surface area contributed by atoms with Crippen LogP contribution in [0.3, 0.4) is 0 Å². The van der Waals surface area contributed by atoms with Gasteiger partial charge < -0.3 is 19.1 Å². The minimum atomic E-state index is 0.0151. The molecule has 2 aromatic heterocycles. The van der Waals surface area contributed by atoms with Crippen molar-refractivity contribution in [2.75, 3.05) is 18.1 Å². The maximum atomic E-state index is 10.8. The Kier molecular flexibility index (Phi) is 13.4. The molecule has 0 saturated carbocycles. The van der Waals surface area contributed by atoms with Crippen LogP contribution in [0.2, 0.25) is 0 Å². The van der Waals surface area contributed by atoms with Gasteiger partial charge in [-0.05, 0) is 139 Å². The van der Waals surface area contributed by atoms with Crippen LogP contribution >= 0.6 is 22.7 Å².